The maximum atomic E-state index is 8.98. The van der Waals surface area contributed by atoms with Gasteiger partial charge < -0.3 is 15.3 Å². The highest BCUT2D eigenvalue weighted by molar-refractivity contribution is 4.84. The van der Waals surface area contributed by atoms with Crippen molar-refractivity contribution < 1.29 is 5.11 Å². The second kappa shape index (κ2) is 5.83. The van der Waals surface area contributed by atoms with Crippen LogP contribution in [-0.2, 0) is 0 Å². The van der Waals surface area contributed by atoms with Crippen LogP contribution in [0.4, 0.5) is 0 Å². The van der Waals surface area contributed by atoms with E-state index in [4.69, 9.17) is 5.11 Å². The molecule has 3 nitrogen and oxygen atoms in total. The normalized spacial score (nSPS) is 23.2. The lowest BCUT2D eigenvalue weighted by atomic mass is 9.93. The molecule has 1 fully saturated rings. The molecule has 0 radical (unpaired) electrons. The lowest BCUT2D eigenvalue weighted by molar-refractivity contribution is 0.220. The summed E-state index contributed by atoms with van der Waals surface area (Å²) < 4.78 is 0. The Morgan fingerprint density at radius 1 is 1.47 bits per heavy atom. The minimum Gasteiger partial charge on any atom is -0.396 e. The number of nitrogens with zero attached hydrogens (tertiary/aromatic N) is 1. The van der Waals surface area contributed by atoms with Crippen LogP contribution in [-0.4, -0.2) is 48.8 Å². The van der Waals surface area contributed by atoms with Gasteiger partial charge in [-0.1, -0.05) is 20.8 Å². The molecule has 0 aromatic heterocycles. The van der Waals surface area contributed by atoms with Gasteiger partial charge in [0.2, 0.25) is 0 Å². The molecule has 1 heterocycles. The second-order valence-corrected chi connectivity index (χ2v) is 5.42. The van der Waals surface area contributed by atoms with Crippen LogP contribution in [0.5, 0.6) is 0 Å². The monoisotopic (exact) mass is 214 g/mol. The SMILES string of the molecule is CCNC(CCO)CN1CCC(C)(C)C1. The van der Waals surface area contributed by atoms with Crippen molar-refractivity contribution in [1.82, 2.24) is 10.2 Å². The first-order valence-corrected chi connectivity index (χ1v) is 6.14. The summed E-state index contributed by atoms with van der Waals surface area (Å²) in [4.78, 5) is 2.52. The van der Waals surface area contributed by atoms with E-state index in [0.29, 0.717) is 11.5 Å². The van der Waals surface area contributed by atoms with E-state index in [1.807, 2.05) is 0 Å². The standard InChI is InChI=1S/C12H26N2O/c1-4-13-11(5-8-15)9-14-7-6-12(2,3)10-14/h11,13,15H,4-10H2,1-3H3. The Kier molecular flexibility index (Phi) is 5.03. The van der Waals surface area contributed by atoms with Crippen molar-refractivity contribution in [2.24, 2.45) is 5.41 Å². The number of aliphatic hydroxyl groups excluding tert-OH is 1. The van der Waals surface area contributed by atoms with Crippen LogP contribution in [0.25, 0.3) is 0 Å². The average molecular weight is 214 g/mol. The zero-order chi connectivity index (χ0) is 11.3. The van der Waals surface area contributed by atoms with Crippen molar-refractivity contribution in [3.8, 4) is 0 Å². The topological polar surface area (TPSA) is 35.5 Å². The van der Waals surface area contributed by atoms with Crippen LogP contribution >= 0.6 is 0 Å². The van der Waals surface area contributed by atoms with Gasteiger partial charge in [-0.2, -0.15) is 0 Å². The van der Waals surface area contributed by atoms with Crippen molar-refractivity contribution in [3.63, 3.8) is 0 Å². The fourth-order valence-electron chi connectivity index (χ4n) is 2.39. The maximum absolute atomic E-state index is 8.98. The van der Waals surface area contributed by atoms with Gasteiger partial charge in [-0.3, -0.25) is 0 Å². The van der Waals surface area contributed by atoms with Gasteiger partial charge in [0.15, 0.2) is 0 Å². The molecule has 0 aromatic carbocycles. The first-order chi connectivity index (χ1) is 7.07. The molecule has 0 aromatic rings. The first kappa shape index (κ1) is 12.9. The average Bonchev–Trinajstić information content (AvgIpc) is 2.46. The van der Waals surface area contributed by atoms with Crippen LogP contribution in [0.2, 0.25) is 0 Å². The molecule has 1 saturated heterocycles. The third-order valence-corrected chi connectivity index (χ3v) is 3.21. The molecule has 1 unspecified atom stereocenters. The van der Waals surface area contributed by atoms with Gasteiger partial charge in [-0.25, -0.2) is 0 Å². The third-order valence-electron chi connectivity index (χ3n) is 3.21. The van der Waals surface area contributed by atoms with E-state index in [9.17, 15) is 0 Å². The summed E-state index contributed by atoms with van der Waals surface area (Å²) in [6.45, 7) is 11.6. The molecule has 0 saturated carbocycles. The van der Waals surface area contributed by atoms with Crippen molar-refractivity contribution in [1.29, 1.82) is 0 Å². The molecule has 0 bridgehead atoms. The second-order valence-electron chi connectivity index (χ2n) is 5.42. The van der Waals surface area contributed by atoms with E-state index in [0.717, 1.165) is 19.5 Å². The lowest BCUT2D eigenvalue weighted by Crippen LogP contribution is -2.41. The van der Waals surface area contributed by atoms with Gasteiger partial charge >= 0.3 is 0 Å². The van der Waals surface area contributed by atoms with Crippen molar-refractivity contribution in [3.05, 3.63) is 0 Å². The number of rotatable bonds is 6. The fourth-order valence-corrected chi connectivity index (χ4v) is 2.39. The van der Waals surface area contributed by atoms with Crippen LogP contribution in [0.1, 0.15) is 33.6 Å². The van der Waals surface area contributed by atoms with Crippen LogP contribution in [0.15, 0.2) is 0 Å². The van der Waals surface area contributed by atoms with Gasteiger partial charge in [0.05, 0.1) is 0 Å². The Morgan fingerprint density at radius 2 is 2.20 bits per heavy atom. The molecule has 1 aliphatic rings. The zero-order valence-corrected chi connectivity index (χ0v) is 10.4. The Hall–Kier alpha value is -0.120. The predicted molar refractivity (Wildman–Crippen MR) is 64.0 cm³/mol. The summed E-state index contributed by atoms with van der Waals surface area (Å²) in [6.07, 6.45) is 2.16. The van der Waals surface area contributed by atoms with E-state index >= 15 is 0 Å². The predicted octanol–water partition coefficient (Wildman–Crippen LogP) is 1.08. The highest BCUT2D eigenvalue weighted by Gasteiger charge is 2.29. The van der Waals surface area contributed by atoms with Gasteiger partial charge in [-0.15, -0.1) is 0 Å². The third kappa shape index (κ3) is 4.49. The highest BCUT2D eigenvalue weighted by Crippen LogP contribution is 2.28. The molecule has 0 spiro atoms. The minimum absolute atomic E-state index is 0.287. The van der Waals surface area contributed by atoms with Crippen molar-refractivity contribution in [2.75, 3.05) is 32.8 Å². The number of likely N-dealkylation sites (tertiary alicyclic amines) is 1. The summed E-state index contributed by atoms with van der Waals surface area (Å²) >= 11 is 0. The zero-order valence-electron chi connectivity index (χ0n) is 10.4. The number of nitrogens with one attached hydrogen (secondary N) is 1. The molecule has 1 atom stereocenters. The van der Waals surface area contributed by atoms with Crippen molar-refractivity contribution >= 4 is 0 Å². The number of hydrogen-bond donors (Lipinski definition) is 2. The molecule has 1 rings (SSSR count). The van der Waals surface area contributed by atoms with Gasteiger partial charge in [0, 0.05) is 25.7 Å². The van der Waals surface area contributed by atoms with Gasteiger partial charge in [0.25, 0.3) is 0 Å². The summed E-state index contributed by atoms with van der Waals surface area (Å²) in [7, 11) is 0. The van der Waals surface area contributed by atoms with E-state index < -0.39 is 0 Å². The molecular weight excluding hydrogens is 188 g/mol. The smallest absolute Gasteiger partial charge is 0.0446 e. The number of hydrogen-bond acceptors (Lipinski definition) is 3. The van der Waals surface area contributed by atoms with Crippen molar-refractivity contribution in [2.45, 2.75) is 39.7 Å². The Balaban J connectivity index is 2.32. The fraction of sp³-hybridized carbons (Fsp3) is 1.00. The van der Waals surface area contributed by atoms with E-state index in [2.05, 4.69) is 31.0 Å². The quantitative estimate of drug-likeness (QED) is 0.694. The Bertz CT molecular complexity index is 176. The highest BCUT2D eigenvalue weighted by atomic mass is 16.3. The van der Waals surface area contributed by atoms with Crippen LogP contribution < -0.4 is 5.32 Å². The molecule has 0 amide bonds. The minimum atomic E-state index is 0.287. The lowest BCUT2D eigenvalue weighted by Gasteiger charge is -2.25. The number of likely N-dealkylation sites (N-methyl/N-ethyl adjacent to an activating group) is 1. The molecule has 0 aliphatic carbocycles. The largest absolute Gasteiger partial charge is 0.396 e. The summed E-state index contributed by atoms with van der Waals surface area (Å²) in [5, 5.41) is 12.4. The van der Waals surface area contributed by atoms with Crippen LogP contribution in [0, 0.1) is 5.41 Å². The molecule has 3 heteroatoms. The summed E-state index contributed by atoms with van der Waals surface area (Å²) in [5.74, 6) is 0. The van der Waals surface area contributed by atoms with E-state index in [-0.39, 0.29) is 6.61 Å². The van der Waals surface area contributed by atoms with Gasteiger partial charge in [-0.05, 0) is 31.3 Å². The molecule has 1 aliphatic heterocycles. The first-order valence-electron chi connectivity index (χ1n) is 6.14. The number of aliphatic hydroxyl groups is 1. The molecular formula is C12H26N2O. The maximum Gasteiger partial charge on any atom is 0.0446 e. The van der Waals surface area contributed by atoms with Crippen LogP contribution in [0.3, 0.4) is 0 Å². The molecule has 15 heavy (non-hydrogen) atoms. The summed E-state index contributed by atoms with van der Waals surface area (Å²) in [5.41, 5.74) is 0.482. The van der Waals surface area contributed by atoms with E-state index in [1.165, 1.54) is 19.5 Å². The summed E-state index contributed by atoms with van der Waals surface area (Å²) in [6, 6.07) is 0.453. The van der Waals surface area contributed by atoms with Gasteiger partial charge in [0.1, 0.15) is 0 Å². The Labute approximate surface area is 93.9 Å². The Morgan fingerprint density at radius 3 is 2.67 bits per heavy atom. The molecule has 2 N–H and O–H groups in total. The van der Waals surface area contributed by atoms with E-state index in [1.54, 1.807) is 0 Å². The molecule has 90 valence electrons.